The number of fused-ring (bicyclic) bond motifs is 3. The summed E-state index contributed by atoms with van der Waals surface area (Å²) in [5.41, 5.74) is 2.31. The third kappa shape index (κ3) is 1.69. The van der Waals surface area contributed by atoms with Gasteiger partial charge in [-0.2, -0.15) is 0 Å². The Bertz CT molecular complexity index is 724. The summed E-state index contributed by atoms with van der Waals surface area (Å²) in [6, 6.07) is 1.89. The molecule has 0 fully saturated rings. The minimum absolute atomic E-state index is 0.128. The third-order valence-electron chi connectivity index (χ3n) is 3.72. The fourth-order valence-corrected chi connectivity index (χ4v) is 2.96. The second-order valence-corrected chi connectivity index (χ2v) is 5.75. The molecular weight excluding hydrogens is 244 g/mol. The molecule has 1 N–H and O–H groups in total. The monoisotopic (exact) mass is 260 g/mol. The smallest absolute Gasteiger partial charge is 0.303 e. The minimum Gasteiger partial charge on any atom is -0.456 e. The molecule has 5 heteroatoms. The Morgan fingerprint density at radius 1 is 1.53 bits per heavy atom. The van der Waals surface area contributed by atoms with E-state index in [1.807, 2.05) is 10.5 Å². The minimum atomic E-state index is -0.315. The zero-order valence-corrected chi connectivity index (χ0v) is 11.2. The molecule has 1 aliphatic carbocycles. The summed E-state index contributed by atoms with van der Waals surface area (Å²) in [4.78, 5) is 25.8. The van der Waals surface area contributed by atoms with Crippen LogP contribution in [0.1, 0.15) is 38.1 Å². The summed E-state index contributed by atoms with van der Waals surface area (Å²) in [5.74, 6) is -0.300. The van der Waals surface area contributed by atoms with E-state index in [0.717, 1.165) is 17.7 Å². The zero-order chi connectivity index (χ0) is 13.8. The molecule has 0 radical (unpaired) electrons. The predicted octanol–water partition coefficient (Wildman–Crippen LogP) is 1.81. The number of aromatic nitrogens is 2. The highest BCUT2D eigenvalue weighted by Crippen LogP contribution is 2.48. The summed E-state index contributed by atoms with van der Waals surface area (Å²) in [7, 11) is 0. The second kappa shape index (κ2) is 3.73. The van der Waals surface area contributed by atoms with Crippen LogP contribution in [0.2, 0.25) is 0 Å². The largest absolute Gasteiger partial charge is 0.456 e. The van der Waals surface area contributed by atoms with E-state index in [9.17, 15) is 9.59 Å². The predicted molar refractivity (Wildman–Crippen MR) is 70.0 cm³/mol. The number of carbonyl (C=O) groups excluding carboxylic acids is 1. The van der Waals surface area contributed by atoms with Gasteiger partial charge in [0.25, 0.3) is 5.56 Å². The number of hydrogen-bond donors (Lipinski definition) is 1. The van der Waals surface area contributed by atoms with Crippen LogP contribution in [0.15, 0.2) is 23.3 Å². The van der Waals surface area contributed by atoms with Crippen LogP contribution in [0.3, 0.4) is 0 Å². The van der Waals surface area contributed by atoms with Crippen LogP contribution in [0.25, 0.3) is 5.52 Å². The number of nitrogens with one attached hydrogen (secondary N) is 1. The normalized spacial score (nSPS) is 20.5. The molecule has 0 bridgehead atoms. The summed E-state index contributed by atoms with van der Waals surface area (Å²) in [5, 5.41) is 0. The van der Waals surface area contributed by atoms with Crippen molar-refractivity contribution in [3.05, 3.63) is 40.1 Å². The lowest BCUT2D eigenvalue weighted by molar-refractivity contribution is -0.152. The second-order valence-electron chi connectivity index (χ2n) is 5.75. The Labute approximate surface area is 110 Å². The first-order valence-corrected chi connectivity index (χ1v) is 6.29. The number of carbonyl (C=O) groups is 1. The maximum absolute atomic E-state index is 11.8. The number of ether oxygens (including phenoxy) is 1. The fourth-order valence-electron chi connectivity index (χ4n) is 2.96. The number of H-pyrrole nitrogens is 1. The molecule has 0 amide bonds. The fraction of sp³-hybridized carbons (Fsp3) is 0.429. The lowest BCUT2D eigenvalue weighted by Gasteiger charge is -2.27. The van der Waals surface area contributed by atoms with E-state index in [1.165, 1.54) is 6.92 Å². The first-order chi connectivity index (χ1) is 8.90. The molecule has 0 aromatic carbocycles. The summed E-state index contributed by atoms with van der Waals surface area (Å²) in [6.07, 6.45) is 3.88. The molecule has 19 heavy (non-hydrogen) atoms. The van der Waals surface area contributed by atoms with Crippen LogP contribution in [-0.2, 0) is 16.0 Å². The Hall–Kier alpha value is -2.04. The lowest BCUT2D eigenvalue weighted by atomic mass is 9.87. The molecule has 3 rings (SSSR count). The van der Waals surface area contributed by atoms with Gasteiger partial charge in [-0.25, -0.2) is 0 Å². The summed E-state index contributed by atoms with van der Waals surface area (Å²) >= 11 is 0. The quantitative estimate of drug-likeness (QED) is 0.795. The van der Waals surface area contributed by atoms with Crippen molar-refractivity contribution >= 4 is 11.5 Å². The Balaban J connectivity index is 2.24. The van der Waals surface area contributed by atoms with Crippen LogP contribution in [0, 0.1) is 5.41 Å². The number of rotatable bonds is 1. The van der Waals surface area contributed by atoms with Crippen LogP contribution in [0.4, 0.5) is 0 Å². The van der Waals surface area contributed by atoms with Gasteiger partial charge < -0.3 is 14.1 Å². The molecule has 0 saturated carbocycles. The summed E-state index contributed by atoms with van der Waals surface area (Å²) < 4.78 is 7.32. The van der Waals surface area contributed by atoms with E-state index in [0.29, 0.717) is 5.52 Å². The van der Waals surface area contributed by atoms with Gasteiger partial charge in [0.05, 0.1) is 5.69 Å². The molecule has 5 nitrogen and oxygen atoms in total. The first kappa shape index (κ1) is 12.0. The van der Waals surface area contributed by atoms with Gasteiger partial charge in [0.2, 0.25) is 0 Å². The van der Waals surface area contributed by atoms with Crippen LogP contribution in [0.5, 0.6) is 0 Å². The molecule has 0 spiro atoms. The van der Waals surface area contributed by atoms with Gasteiger partial charge >= 0.3 is 5.97 Å². The average molecular weight is 260 g/mol. The van der Waals surface area contributed by atoms with Gasteiger partial charge in [0.15, 0.2) is 0 Å². The maximum atomic E-state index is 11.8. The molecule has 1 unspecified atom stereocenters. The third-order valence-corrected chi connectivity index (χ3v) is 3.72. The molecule has 1 atom stereocenters. The van der Waals surface area contributed by atoms with Gasteiger partial charge in [0, 0.05) is 24.7 Å². The lowest BCUT2D eigenvalue weighted by Crippen LogP contribution is -2.24. The number of hydrogen-bond acceptors (Lipinski definition) is 3. The molecule has 100 valence electrons. The van der Waals surface area contributed by atoms with Crippen molar-refractivity contribution in [2.24, 2.45) is 5.41 Å². The first-order valence-electron chi connectivity index (χ1n) is 6.29. The van der Waals surface area contributed by atoms with Gasteiger partial charge in [-0.05, 0) is 18.1 Å². The van der Waals surface area contributed by atoms with Gasteiger partial charge in [0.1, 0.15) is 11.6 Å². The number of aromatic amines is 1. The van der Waals surface area contributed by atoms with Gasteiger partial charge in [-0.15, -0.1) is 0 Å². The highest BCUT2D eigenvalue weighted by atomic mass is 16.5. The molecule has 2 aromatic rings. The average Bonchev–Trinajstić information content (AvgIpc) is 2.74. The maximum Gasteiger partial charge on any atom is 0.303 e. The van der Waals surface area contributed by atoms with E-state index in [1.54, 1.807) is 12.4 Å². The van der Waals surface area contributed by atoms with E-state index in [-0.39, 0.29) is 23.0 Å². The number of nitrogens with zero attached hydrogens (tertiary/aromatic N) is 1. The Morgan fingerprint density at radius 2 is 2.26 bits per heavy atom. The molecule has 2 heterocycles. The van der Waals surface area contributed by atoms with Crippen molar-refractivity contribution < 1.29 is 9.53 Å². The molecular formula is C14H16N2O3. The highest BCUT2D eigenvalue weighted by molar-refractivity contribution is 5.67. The van der Waals surface area contributed by atoms with Crippen molar-refractivity contribution in [2.45, 2.75) is 33.3 Å². The van der Waals surface area contributed by atoms with E-state index in [4.69, 9.17) is 4.74 Å². The van der Waals surface area contributed by atoms with Crippen molar-refractivity contribution in [1.82, 2.24) is 9.38 Å². The molecule has 2 aromatic heterocycles. The van der Waals surface area contributed by atoms with E-state index >= 15 is 0 Å². The van der Waals surface area contributed by atoms with Gasteiger partial charge in [-0.3, -0.25) is 9.59 Å². The summed E-state index contributed by atoms with van der Waals surface area (Å²) in [6.45, 7) is 5.55. The van der Waals surface area contributed by atoms with Crippen molar-refractivity contribution in [1.29, 1.82) is 0 Å². The van der Waals surface area contributed by atoms with Crippen LogP contribution >= 0.6 is 0 Å². The SMILES string of the molecule is CC(=O)OC1c2c(cc3c(=O)[nH]ccn23)CC1(C)C. The standard InChI is InChI=1S/C14H16N2O3/c1-8(17)19-12-11-9(7-14(12,2)3)6-10-13(18)15-4-5-16(10)11/h4-6,12H,7H2,1-3H3,(H,15,18). The number of esters is 1. The van der Waals surface area contributed by atoms with Gasteiger partial charge in [-0.1, -0.05) is 13.8 Å². The van der Waals surface area contributed by atoms with Crippen molar-refractivity contribution in [3.63, 3.8) is 0 Å². The van der Waals surface area contributed by atoms with E-state index in [2.05, 4.69) is 18.8 Å². The molecule has 0 aliphatic heterocycles. The molecule has 0 saturated heterocycles. The zero-order valence-electron chi connectivity index (χ0n) is 11.2. The van der Waals surface area contributed by atoms with Crippen molar-refractivity contribution in [2.75, 3.05) is 0 Å². The Morgan fingerprint density at radius 3 is 2.95 bits per heavy atom. The topological polar surface area (TPSA) is 63.6 Å². The molecule has 1 aliphatic rings. The van der Waals surface area contributed by atoms with Crippen molar-refractivity contribution in [3.8, 4) is 0 Å². The van der Waals surface area contributed by atoms with Crippen LogP contribution in [-0.4, -0.2) is 15.4 Å². The highest BCUT2D eigenvalue weighted by Gasteiger charge is 2.43. The van der Waals surface area contributed by atoms with E-state index < -0.39 is 0 Å². The van der Waals surface area contributed by atoms with Crippen LogP contribution < -0.4 is 5.56 Å². The Kier molecular flexibility index (Phi) is 2.36.